The number of benzene rings is 3. The SMILES string of the molecule is CC(C)=CC[C@@H](O)C1=CC(=O)c2c(O)ccc(O)c2C1=O.Cc1cc(C(=O)O)ccc1Oc1ccccc1. The minimum atomic E-state index is -1.13. The number of phenols is 2. The summed E-state index contributed by atoms with van der Waals surface area (Å²) >= 11 is 0. The molecule has 4 N–H and O–H groups in total. The molecule has 0 unspecified atom stereocenters. The molecule has 8 nitrogen and oxygen atoms in total. The number of ether oxygens (including phenoxy) is 1. The third-order valence-electron chi connectivity index (χ3n) is 5.68. The third kappa shape index (κ3) is 6.54. The highest BCUT2D eigenvalue weighted by Gasteiger charge is 2.33. The summed E-state index contributed by atoms with van der Waals surface area (Å²) in [6, 6.07) is 16.5. The number of carbonyl (C=O) groups excluding carboxylic acids is 2. The fourth-order valence-electron chi connectivity index (χ4n) is 3.72. The zero-order chi connectivity index (χ0) is 28.0. The zero-order valence-corrected chi connectivity index (χ0v) is 21.1. The van der Waals surface area contributed by atoms with Crippen LogP contribution in [0.25, 0.3) is 0 Å². The van der Waals surface area contributed by atoms with Gasteiger partial charge in [-0.25, -0.2) is 4.79 Å². The molecule has 0 spiro atoms. The first-order chi connectivity index (χ1) is 18.0. The van der Waals surface area contributed by atoms with Gasteiger partial charge in [0.05, 0.1) is 22.8 Å². The molecule has 1 aliphatic carbocycles. The number of aromatic hydroxyl groups is 2. The van der Waals surface area contributed by atoms with E-state index in [9.17, 15) is 29.7 Å². The van der Waals surface area contributed by atoms with Crippen molar-refractivity contribution in [2.45, 2.75) is 33.3 Å². The molecular formula is C30H28O8. The molecule has 3 aromatic rings. The van der Waals surface area contributed by atoms with Crippen molar-refractivity contribution in [3.63, 3.8) is 0 Å². The van der Waals surface area contributed by atoms with Crippen LogP contribution in [-0.4, -0.2) is 44.1 Å². The number of rotatable bonds is 6. The molecule has 4 rings (SSSR count). The molecule has 196 valence electrons. The summed E-state index contributed by atoms with van der Waals surface area (Å²) in [4.78, 5) is 35.2. The molecular weight excluding hydrogens is 488 g/mol. The van der Waals surface area contributed by atoms with Gasteiger partial charge in [0.25, 0.3) is 0 Å². The topological polar surface area (TPSA) is 141 Å². The Balaban J connectivity index is 0.000000215. The van der Waals surface area contributed by atoms with Gasteiger partial charge in [0.15, 0.2) is 11.6 Å². The lowest BCUT2D eigenvalue weighted by Gasteiger charge is -2.20. The van der Waals surface area contributed by atoms with Crippen molar-refractivity contribution in [3.8, 4) is 23.0 Å². The van der Waals surface area contributed by atoms with E-state index in [0.717, 1.165) is 35.1 Å². The van der Waals surface area contributed by atoms with Gasteiger partial charge < -0.3 is 25.2 Å². The van der Waals surface area contributed by atoms with Crippen LogP contribution in [0, 0.1) is 6.92 Å². The highest BCUT2D eigenvalue weighted by molar-refractivity contribution is 6.26. The van der Waals surface area contributed by atoms with Crippen LogP contribution in [-0.2, 0) is 0 Å². The number of aromatic carboxylic acids is 1. The zero-order valence-electron chi connectivity index (χ0n) is 21.1. The van der Waals surface area contributed by atoms with Crippen LogP contribution >= 0.6 is 0 Å². The summed E-state index contributed by atoms with van der Waals surface area (Å²) in [6.07, 6.45) is 1.84. The average molecular weight is 517 g/mol. The number of ketones is 2. The number of para-hydroxylation sites is 1. The van der Waals surface area contributed by atoms with Gasteiger partial charge in [-0.05, 0) is 81.3 Å². The Labute approximate surface area is 219 Å². The van der Waals surface area contributed by atoms with Crippen molar-refractivity contribution in [2.75, 3.05) is 0 Å². The van der Waals surface area contributed by atoms with Gasteiger partial charge in [0.1, 0.15) is 23.0 Å². The van der Waals surface area contributed by atoms with Crippen LogP contribution in [0.4, 0.5) is 0 Å². The lowest BCUT2D eigenvalue weighted by atomic mass is 9.85. The van der Waals surface area contributed by atoms with Crippen LogP contribution in [0.3, 0.4) is 0 Å². The molecule has 38 heavy (non-hydrogen) atoms. The number of carboxylic acid groups (broad SMARTS) is 1. The van der Waals surface area contributed by atoms with Crippen LogP contribution in [0.2, 0.25) is 0 Å². The summed E-state index contributed by atoms with van der Waals surface area (Å²) in [6.45, 7) is 5.53. The molecule has 0 aliphatic heterocycles. The monoisotopic (exact) mass is 516 g/mol. The highest BCUT2D eigenvalue weighted by Crippen LogP contribution is 2.35. The summed E-state index contributed by atoms with van der Waals surface area (Å²) in [5.74, 6) is -1.53. The Morgan fingerprint density at radius 2 is 1.58 bits per heavy atom. The van der Waals surface area contributed by atoms with Crippen molar-refractivity contribution in [1.82, 2.24) is 0 Å². The number of Topliss-reactive ketones (excluding diaryl/α,β-unsaturated/α-hetero) is 1. The summed E-state index contributed by atoms with van der Waals surface area (Å²) in [5.41, 5.74) is 1.49. The molecule has 0 amide bonds. The molecule has 0 fully saturated rings. The van der Waals surface area contributed by atoms with E-state index in [0.29, 0.717) is 5.75 Å². The third-order valence-corrected chi connectivity index (χ3v) is 5.68. The molecule has 0 bridgehead atoms. The number of aryl methyl sites for hydroxylation is 1. The number of aliphatic hydroxyl groups excluding tert-OH is 1. The minimum absolute atomic E-state index is 0.0779. The fourth-order valence-corrected chi connectivity index (χ4v) is 3.72. The highest BCUT2D eigenvalue weighted by atomic mass is 16.5. The van der Waals surface area contributed by atoms with E-state index < -0.39 is 23.6 Å². The Morgan fingerprint density at radius 3 is 2.16 bits per heavy atom. The van der Waals surface area contributed by atoms with Crippen LogP contribution in [0.15, 0.2) is 84.0 Å². The first-order valence-electron chi connectivity index (χ1n) is 11.7. The normalized spacial score (nSPS) is 12.9. The summed E-state index contributed by atoms with van der Waals surface area (Å²) in [5, 5.41) is 38.4. The smallest absolute Gasteiger partial charge is 0.335 e. The van der Waals surface area contributed by atoms with E-state index in [-0.39, 0.29) is 40.2 Å². The molecule has 1 aliphatic rings. The van der Waals surface area contributed by atoms with Gasteiger partial charge in [0, 0.05) is 5.57 Å². The minimum Gasteiger partial charge on any atom is -0.507 e. The molecule has 0 saturated heterocycles. The van der Waals surface area contributed by atoms with E-state index >= 15 is 0 Å². The van der Waals surface area contributed by atoms with E-state index in [1.807, 2.05) is 51.1 Å². The number of carboxylic acids is 1. The molecule has 0 aromatic heterocycles. The first kappa shape index (κ1) is 27.9. The largest absolute Gasteiger partial charge is 0.507 e. The van der Waals surface area contributed by atoms with Crippen LogP contribution in [0.1, 0.15) is 56.9 Å². The van der Waals surface area contributed by atoms with Gasteiger partial charge in [-0.2, -0.15) is 0 Å². The number of aliphatic hydroxyl groups is 1. The van der Waals surface area contributed by atoms with Gasteiger partial charge in [0.2, 0.25) is 0 Å². The van der Waals surface area contributed by atoms with Gasteiger partial charge in [-0.1, -0.05) is 29.8 Å². The second-order valence-corrected chi connectivity index (χ2v) is 8.88. The van der Waals surface area contributed by atoms with Crippen molar-refractivity contribution in [2.24, 2.45) is 0 Å². The number of allylic oxidation sites excluding steroid dienone is 2. The Morgan fingerprint density at radius 1 is 0.947 bits per heavy atom. The maximum atomic E-state index is 12.3. The van der Waals surface area contributed by atoms with E-state index in [2.05, 4.69) is 0 Å². The second kappa shape index (κ2) is 12.0. The van der Waals surface area contributed by atoms with E-state index in [4.69, 9.17) is 9.84 Å². The Kier molecular flexibility index (Phi) is 8.83. The lowest BCUT2D eigenvalue weighted by molar-refractivity contribution is 0.0696. The number of phenolic OH excluding ortho intramolecular Hbond substituents is 2. The molecule has 0 saturated carbocycles. The number of fused-ring (bicyclic) bond motifs is 1. The first-order valence-corrected chi connectivity index (χ1v) is 11.7. The summed E-state index contributed by atoms with van der Waals surface area (Å²) < 4.78 is 5.65. The predicted octanol–water partition coefficient (Wildman–Crippen LogP) is 5.61. The Hall–Kier alpha value is -4.69. The quantitative estimate of drug-likeness (QED) is 0.245. The molecule has 0 heterocycles. The number of hydrogen-bond donors (Lipinski definition) is 4. The number of carbonyl (C=O) groups is 3. The summed E-state index contributed by atoms with van der Waals surface area (Å²) in [7, 11) is 0. The predicted molar refractivity (Wildman–Crippen MR) is 141 cm³/mol. The second-order valence-electron chi connectivity index (χ2n) is 8.88. The van der Waals surface area contributed by atoms with E-state index in [1.54, 1.807) is 18.2 Å². The van der Waals surface area contributed by atoms with Crippen LogP contribution < -0.4 is 4.74 Å². The van der Waals surface area contributed by atoms with Crippen molar-refractivity contribution >= 4 is 17.5 Å². The molecule has 8 heteroatoms. The molecule has 3 aromatic carbocycles. The van der Waals surface area contributed by atoms with Crippen LogP contribution in [0.5, 0.6) is 23.0 Å². The molecule has 1 atom stereocenters. The maximum absolute atomic E-state index is 12.3. The van der Waals surface area contributed by atoms with Crippen molar-refractivity contribution in [3.05, 3.63) is 106 Å². The van der Waals surface area contributed by atoms with Crippen molar-refractivity contribution < 1.29 is 39.5 Å². The maximum Gasteiger partial charge on any atom is 0.335 e. The van der Waals surface area contributed by atoms with Gasteiger partial charge in [-0.3, -0.25) is 9.59 Å². The van der Waals surface area contributed by atoms with E-state index in [1.165, 1.54) is 6.07 Å². The van der Waals surface area contributed by atoms with Crippen molar-refractivity contribution in [1.29, 1.82) is 0 Å². The standard InChI is InChI=1S/C16H16O5.C14H12O3/c1-8(2)3-4-10(17)9-7-13(20)14-11(18)5-6-12(19)15(14)16(9)21;1-10-9-11(14(15)16)7-8-13(10)17-12-5-3-2-4-6-12/h3,5-7,10,17-19H,4H2,1-2H3;2-9H,1H3,(H,15,16)/t10-;/m1./s1. The number of hydrogen-bond acceptors (Lipinski definition) is 7. The molecule has 0 radical (unpaired) electrons. The Bertz CT molecular complexity index is 1430. The lowest BCUT2D eigenvalue weighted by Crippen LogP contribution is -2.25. The average Bonchev–Trinajstić information content (AvgIpc) is 2.88. The van der Waals surface area contributed by atoms with Gasteiger partial charge in [-0.15, -0.1) is 0 Å². The van der Waals surface area contributed by atoms with Gasteiger partial charge >= 0.3 is 5.97 Å². The fraction of sp³-hybridized carbons (Fsp3) is 0.167.